The van der Waals surface area contributed by atoms with E-state index in [0.29, 0.717) is 20.5 Å². The van der Waals surface area contributed by atoms with E-state index >= 15 is 0 Å². The summed E-state index contributed by atoms with van der Waals surface area (Å²) in [6, 6.07) is 9.62. The number of sulfonamides is 1. The molecule has 0 atom stereocenters. The van der Waals surface area contributed by atoms with Gasteiger partial charge in [-0.05, 0) is 30.3 Å². The lowest BCUT2D eigenvalue weighted by atomic mass is 10.2. The van der Waals surface area contributed by atoms with E-state index in [1.54, 1.807) is 30.3 Å². The highest BCUT2D eigenvalue weighted by Gasteiger charge is 2.23. The number of anilines is 1. The van der Waals surface area contributed by atoms with Crippen LogP contribution in [0, 0.1) is 0 Å². The van der Waals surface area contributed by atoms with E-state index in [1.165, 1.54) is 13.2 Å². The van der Waals surface area contributed by atoms with Gasteiger partial charge in [-0.1, -0.05) is 38.8 Å². The van der Waals surface area contributed by atoms with E-state index in [1.807, 2.05) is 0 Å². The number of nitrogens with one attached hydrogen (secondary N) is 1. The smallest absolute Gasteiger partial charge is 0.266 e. The van der Waals surface area contributed by atoms with E-state index in [2.05, 4.69) is 25.8 Å². The number of nitrogens with zero attached hydrogens (tertiary/aromatic N) is 1. The van der Waals surface area contributed by atoms with Crippen LogP contribution in [0.5, 0.6) is 5.75 Å². The van der Waals surface area contributed by atoms with Crippen LogP contribution in [0.1, 0.15) is 0 Å². The van der Waals surface area contributed by atoms with Gasteiger partial charge in [0.2, 0.25) is 0 Å². The summed E-state index contributed by atoms with van der Waals surface area (Å²) in [5, 5.41) is 4.47. The molecule has 6 nitrogen and oxygen atoms in total. The molecule has 2 aromatic carbocycles. The summed E-state index contributed by atoms with van der Waals surface area (Å²) in [5.74, 6) is 0.229. The molecule has 1 N–H and O–H groups in total. The van der Waals surface area contributed by atoms with Gasteiger partial charge in [0.25, 0.3) is 10.0 Å². The third kappa shape index (κ3) is 3.01. The molecule has 0 saturated carbocycles. The maximum absolute atomic E-state index is 12.6. The Morgan fingerprint density at radius 1 is 1.30 bits per heavy atom. The van der Waals surface area contributed by atoms with E-state index in [-0.39, 0.29) is 16.5 Å². The molecule has 0 amide bonds. The van der Waals surface area contributed by atoms with Gasteiger partial charge in [-0.15, -0.1) is 0 Å². The van der Waals surface area contributed by atoms with Gasteiger partial charge in [0.15, 0.2) is 11.4 Å². The summed E-state index contributed by atoms with van der Waals surface area (Å²) in [6.45, 7) is 0. The lowest BCUT2D eigenvalue weighted by Gasteiger charge is -2.10. The number of aromatic nitrogens is 1. The first-order valence-electron chi connectivity index (χ1n) is 6.32. The third-order valence-electron chi connectivity index (χ3n) is 3.09. The van der Waals surface area contributed by atoms with Crippen molar-refractivity contribution < 1.29 is 17.7 Å². The molecule has 9 heteroatoms. The molecule has 0 spiro atoms. The average Bonchev–Trinajstić information content (AvgIpc) is 2.91. The zero-order valence-corrected chi connectivity index (χ0v) is 14.9. The Labute approximate surface area is 145 Å². The second-order valence-corrected chi connectivity index (χ2v) is 7.52. The molecule has 0 aliphatic heterocycles. The molecule has 0 fully saturated rings. The molecule has 0 bridgehead atoms. The number of methoxy groups -OCH3 is 1. The Morgan fingerprint density at radius 3 is 2.83 bits per heavy atom. The normalized spacial score (nSPS) is 11.6. The van der Waals surface area contributed by atoms with Crippen LogP contribution in [0.25, 0.3) is 11.0 Å². The summed E-state index contributed by atoms with van der Waals surface area (Å²) in [6.07, 6.45) is 0. The molecule has 0 radical (unpaired) electrons. The largest absolute Gasteiger partial charge is 0.495 e. The Bertz CT molecular complexity index is 988. The zero-order valence-electron chi connectivity index (χ0n) is 11.7. The molecule has 0 unspecified atom stereocenters. The first kappa shape index (κ1) is 16.1. The van der Waals surface area contributed by atoms with Gasteiger partial charge in [0.05, 0.1) is 17.5 Å². The van der Waals surface area contributed by atoms with Gasteiger partial charge in [-0.2, -0.15) is 0 Å². The van der Waals surface area contributed by atoms with Crippen LogP contribution in [-0.2, 0) is 10.0 Å². The molecule has 23 heavy (non-hydrogen) atoms. The van der Waals surface area contributed by atoms with Crippen LogP contribution in [0.3, 0.4) is 0 Å². The van der Waals surface area contributed by atoms with Crippen molar-refractivity contribution in [2.24, 2.45) is 0 Å². The van der Waals surface area contributed by atoms with Crippen molar-refractivity contribution in [3.8, 4) is 5.75 Å². The predicted molar refractivity (Wildman–Crippen MR) is 90.5 cm³/mol. The first-order valence-corrected chi connectivity index (χ1v) is 8.98. The third-order valence-corrected chi connectivity index (χ3v) is 5.26. The average molecular weight is 418 g/mol. The fraction of sp³-hybridized carbons (Fsp3) is 0.0714. The predicted octanol–water partition coefficient (Wildman–Crippen LogP) is 4.05. The van der Waals surface area contributed by atoms with Crippen LogP contribution in [0.15, 0.2) is 50.3 Å². The van der Waals surface area contributed by atoms with Gasteiger partial charge in [-0.25, -0.2) is 8.42 Å². The second kappa shape index (κ2) is 6.03. The summed E-state index contributed by atoms with van der Waals surface area (Å²) in [4.78, 5) is -0.0300. The van der Waals surface area contributed by atoms with E-state index in [9.17, 15) is 8.42 Å². The molecule has 3 rings (SSSR count). The number of hydrogen-bond acceptors (Lipinski definition) is 5. The molecule has 120 valence electrons. The number of benzene rings is 2. The number of rotatable bonds is 4. The second-order valence-electron chi connectivity index (χ2n) is 4.54. The van der Waals surface area contributed by atoms with Crippen molar-refractivity contribution in [3.63, 3.8) is 0 Å². The van der Waals surface area contributed by atoms with Crippen molar-refractivity contribution in [1.82, 2.24) is 5.16 Å². The van der Waals surface area contributed by atoms with Crippen LogP contribution in [0.4, 0.5) is 5.82 Å². The molecular weight excluding hydrogens is 408 g/mol. The molecule has 0 aliphatic rings. The summed E-state index contributed by atoms with van der Waals surface area (Å²) in [5.41, 5.74) is 0.386. The molecule has 0 saturated heterocycles. The molecule has 0 aliphatic carbocycles. The van der Waals surface area contributed by atoms with Gasteiger partial charge >= 0.3 is 0 Å². The van der Waals surface area contributed by atoms with Crippen molar-refractivity contribution in [2.75, 3.05) is 11.8 Å². The van der Waals surface area contributed by atoms with Crippen LogP contribution in [0.2, 0.25) is 5.02 Å². The lowest BCUT2D eigenvalue weighted by Crippen LogP contribution is -2.14. The maximum atomic E-state index is 12.6. The monoisotopic (exact) mass is 416 g/mol. The number of ether oxygens (including phenoxy) is 1. The van der Waals surface area contributed by atoms with Gasteiger partial charge in [0.1, 0.15) is 10.6 Å². The van der Waals surface area contributed by atoms with Crippen molar-refractivity contribution in [3.05, 3.63) is 45.9 Å². The van der Waals surface area contributed by atoms with Crippen LogP contribution < -0.4 is 9.46 Å². The highest BCUT2D eigenvalue weighted by Crippen LogP contribution is 2.33. The number of halogens is 2. The summed E-state index contributed by atoms with van der Waals surface area (Å²) >= 11 is 9.34. The Morgan fingerprint density at radius 2 is 2.09 bits per heavy atom. The Kier molecular flexibility index (Phi) is 4.22. The summed E-state index contributed by atoms with van der Waals surface area (Å²) < 4.78 is 38.5. The Balaban J connectivity index is 2.09. The van der Waals surface area contributed by atoms with Crippen LogP contribution in [-0.4, -0.2) is 20.7 Å². The first-order chi connectivity index (χ1) is 10.9. The number of hydrogen-bond donors (Lipinski definition) is 1. The lowest BCUT2D eigenvalue weighted by molar-refractivity contribution is 0.402. The van der Waals surface area contributed by atoms with Crippen molar-refractivity contribution in [2.45, 2.75) is 4.90 Å². The standard InChI is InChI=1S/C14H10BrClN2O4S/c1-21-10-6-5-8(15)7-12(10)23(19,20)18-14-13-9(16)3-2-4-11(13)22-17-14/h2-7H,1H3,(H,17,18). The minimum absolute atomic E-state index is 0.0210. The fourth-order valence-electron chi connectivity index (χ4n) is 2.06. The van der Waals surface area contributed by atoms with Gasteiger partial charge in [0, 0.05) is 4.47 Å². The van der Waals surface area contributed by atoms with E-state index in [0.717, 1.165) is 0 Å². The highest BCUT2D eigenvalue weighted by atomic mass is 79.9. The number of fused-ring (bicyclic) bond motifs is 1. The van der Waals surface area contributed by atoms with Crippen molar-refractivity contribution >= 4 is 54.3 Å². The van der Waals surface area contributed by atoms with E-state index in [4.69, 9.17) is 20.9 Å². The minimum Gasteiger partial charge on any atom is -0.495 e. The molecule has 1 aromatic heterocycles. The summed E-state index contributed by atoms with van der Waals surface area (Å²) in [7, 11) is -2.55. The molecular formula is C14H10BrClN2O4S. The fourth-order valence-corrected chi connectivity index (χ4v) is 4.03. The minimum atomic E-state index is -3.94. The van der Waals surface area contributed by atoms with Gasteiger partial charge in [-0.3, -0.25) is 4.72 Å². The topological polar surface area (TPSA) is 81.4 Å². The quantitative estimate of drug-likeness (QED) is 0.692. The Hall–Kier alpha value is -1.77. The van der Waals surface area contributed by atoms with Crippen LogP contribution >= 0.6 is 27.5 Å². The molecule has 3 aromatic rings. The SMILES string of the molecule is COc1ccc(Br)cc1S(=O)(=O)Nc1noc2cccc(Cl)c12. The van der Waals surface area contributed by atoms with Crippen molar-refractivity contribution in [1.29, 1.82) is 0 Å². The molecule has 1 heterocycles. The van der Waals surface area contributed by atoms with E-state index < -0.39 is 10.0 Å². The zero-order chi connectivity index (χ0) is 16.6. The maximum Gasteiger partial charge on any atom is 0.266 e. The highest BCUT2D eigenvalue weighted by molar-refractivity contribution is 9.10. The van der Waals surface area contributed by atoms with Gasteiger partial charge < -0.3 is 9.26 Å².